The Labute approximate surface area is 99.9 Å². The number of hydrogen-bond donors (Lipinski definition) is 2. The SMILES string of the molecule is CC(NC(=O)C[C@@H]1CCC[C@H]1N)c1ncon1. The van der Waals surface area contributed by atoms with Gasteiger partial charge in [0.05, 0.1) is 6.04 Å². The molecule has 17 heavy (non-hydrogen) atoms. The summed E-state index contributed by atoms with van der Waals surface area (Å²) in [6.45, 7) is 1.83. The molecular formula is C11H18N4O2. The van der Waals surface area contributed by atoms with Gasteiger partial charge in [0.2, 0.25) is 12.3 Å². The molecule has 0 saturated heterocycles. The largest absolute Gasteiger partial charge is 0.346 e. The van der Waals surface area contributed by atoms with Gasteiger partial charge in [-0.2, -0.15) is 4.98 Å². The smallest absolute Gasteiger partial charge is 0.220 e. The Bertz CT molecular complexity index is 366. The first-order chi connectivity index (χ1) is 8.16. The second-order valence-corrected chi connectivity index (χ2v) is 4.64. The first-order valence-corrected chi connectivity index (χ1v) is 5.98. The Morgan fingerprint density at radius 1 is 1.71 bits per heavy atom. The first-order valence-electron chi connectivity index (χ1n) is 5.98. The van der Waals surface area contributed by atoms with Crippen molar-refractivity contribution in [2.45, 2.75) is 44.7 Å². The lowest BCUT2D eigenvalue weighted by Crippen LogP contribution is -2.33. The van der Waals surface area contributed by atoms with E-state index in [0.717, 1.165) is 19.3 Å². The normalized spacial score (nSPS) is 25.8. The molecule has 1 aliphatic rings. The second-order valence-electron chi connectivity index (χ2n) is 4.64. The summed E-state index contributed by atoms with van der Waals surface area (Å²) in [5, 5.41) is 6.54. The van der Waals surface area contributed by atoms with Crippen molar-refractivity contribution in [3.05, 3.63) is 12.2 Å². The third-order valence-electron chi connectivity index (χ3n) is 3.31. The van der Waals surface area contributed by atoms with Crippen LogP contribution >= 0.6 is 0 Å². The maximum atomic E-state index is 11.8. The maximum Gasteiger partial charge on any atom is 0.220 e. The van der Waals surface area contributed by atoms with Gasteiger partial charge in [-0.25, -0.2) is 0 Å². The Hall–Kier alpha value is -1.43. The van der Waals surface area contributed by atoms with Gasteiger partial charge in [-0.1, -0.05) is 11.6 Å². The van der Waals surface area contributed by atoms with Crippen molar-refractivity contribution in [2.75, 3.05) is 0 Å². The molecule has 1 heterocycles. The predicted molar refractivity (Wildman–Crippen MR) is 60.8 cm³/mol. The zero-order valence-corrected chi connectivity index (χ0v) is 9.93. The minimum absolute atomic E-state index is 0.00431. The molecule has 1 aliphatic carbocycles. The average Bonchev–Trinajstić information content (AvgIpc) is 2.90. The molecule has 1 amide bonds. The molecule has 1 fully saturated rings. The van der Waals surface area contributed by atoms with Gasteiger partial charge < -0.3 is 15.6 Å². The molecule has 0 aromatic carbocycles. The van der Waals surface area contributed by atoms with Crippen LogP contribution in [0.25, 0.3) is 0 Å². The number of hydrogen-bond acceptors (Lipinski definition) is 5. The fraction of sp³-hybridized carbons (Fsp3) is 0.727. The number of aromatic nitrogens is 2. The standard InChI is InChI=1S/C11H18N4O2/c1-7(11-13-6-17-15-11)14-10(16)5-8-3-2-4-9(8)12/h6-9H,2-5,12H2,1H3,(H,14,16)/t7?,8-,9+/m0/s1. The molecule has 1 unspecified atom stereocenters. The van der Waals surface area contributed by atoms with Crippen LogP contribution < -0.4 is 11.1 Å². The third kappa shape index (κ3) is 3.03. The molecule has 0 bridgehead atoms. The quantitative estimate of drug-likeness (QED) is 0.807. The highest BCUT2D eigenvalue weighted by atomic mass is 16.5. The van der Waals surface area contributed by atoms with Gasteiger partial charge >= 0.3 is 0 Å². The van der Waals surface area contributed by atoms with E-state index in [-0.39, 0.29) is 18.0 Å². The van der Waals surface area contributed by atoms with Crippen molar-refractivity contribution in [3.63, 3.8) is 0 Å². The number of carbonyl (C=O) groups is 1. The summed E-state index contributed by atoms with van der Waals surface area (Å²) in [5.41, 5.74) is 5.93. The van der Waals surface area contributed by atoms with Crippen LogP contribution in [0.4, 0.5) is 0 Å². The van der Waals surface area contributed by atoms with Crippen LogP contribution in [0.3, 0.4) is 0 Å². The van der Waals surface area contributed by atoms with Crippen molar-refractivity contribution in [1.82, 2.24) is 15.5 Å². The van der Waals surface area contributed by atoms with Gasteiger partial charge in [-0.3, -0.25) is 4.79 Å². The first kappa shape index (κ1) is 12.0. The van der Waals surface area contributed by atoms with Crippen LogP contribution in [0, 0.1) is 5.92 Å². The molecule has 0 aliphatic heterocycles. The van der Waals surface area contributed by atoms with Gasteiger partial charge in [-0.15, -0.1) is 0 Å². The fourth-order valence-electron chi connectivity index (χ4n) is 2.29. The van der Waals surface area contributed by atoms with Crippen LogP contribution in [0.2, 0.25) is 0 Å². The van der Waals surface area contributed by atoms with E-state index in [9.17, 15) is 4.79 Å². The van der Waals surface area contributed by atoms with Crippen molar-refractivity contribution in [2.24, 2.45) is 11.7 Å². The maximum absolute atomic E-state index is 11.8. The lowest BCUT2D eigenvalue weighted by Gasteiger charge is -2.16. The molecule has 3 atom stereocenters. The second kappa shape index (κ2) is 5.27. The number of carbonyl (C=O) groups excluding carboxylic acids is 1. The Morgan fingerprint density at radius 3 is 3.12 bits per heavy atom. The van der Waals surface area contributed by atoms with Crippen LogP contribution in [-0.4, -0.2) is 22.1 Å². The highest BCUT2D eigenvalue weighted by Crippen LogP contribution is 2.26. The number of amides is 1. The zero-order chi connectivity index (χ0) is 12.3. The van der Waals surface area contributed by atoms with Gasteiger partial charge in [0.1, 0.15) is 0 Å². The van der Waals surface area contributed by atoms with Gasteiger partial charge in [0.15, 0.2) is 5.82 Å². The van der Waals surface area contributed by atoms with Gasteiger partial charge in [0, 0.05) is 12.5 Å². The molecule has 3 N–H and O–H groups in total. The number of nitrogens with one attached hydrogen (secondary N) is 1. The van der Waals surface area contributed by atoms with Crippen LogP contribution in [0.1, 0.15) is 44.5 Å². The molecule has 1 aromatic rings. The molecule has 2 rings (SSSR count). The Morgan fingerprint density at radius 2 is 2.53 bits per heavy atom. The summed E-state index contributed by atoms with van der Waals surface area (Å²) < 4.78 is 4.64. The van der Waals surface area contributed by atoms with Crippen LogP contribution in [0.5, 0.6) is 0 Å². The van der Waals surface area contributed by atoms with Gasteiger partial charge in [0.25, 0.3) is 0 Å². The Balaban J connectivity index is 1.81. The Kier molecular flexibility index (Phi) is 3.73. The van der Waals surface area contributed by atoms with E-state index >= 15 is 0 Å². The van der Waals surface area contributed by atoms with Crippen LogP contribution in [0.15, 0.2) is 10.9 Å². The highest BCUT2D eigenvalue weighted by Gasteiger charge is 2.26. The average molecular weight is 238 g/mol. The number of nitrogens with two attached hydrogens (primary N) is 1. The van der Waals surface area contributed by atoms with Crippen LogP contribution in [-0.2, 0) is 4.79 Å². The molecule has 0 radical (unpaired) electrons. The van der Waals surface area contributed by atoms with E-state index in [1.54, 1.807) is 0 Å². The van der Waals surface area contributed by atoms with E-state index < -0.39 is 0 Å². The summed E-state index contributed by atoms with van der Waals surface area (Å²) in [6, 6.07) is -0.0555. The topological polar surface area (TPSA) is 94.0 Å². The van der Waals surface area contributed by atoms with E-state index in [2.05, 4.69) is 20.0 Å². The molecule has 1 aromatic heterocycles. The molecule has 6 nitrogen and oxygen atoms in total. The lowest BCUT2D eigenvalue weighted by molar-refractivity contribution is -0.122. The molecule has 6 heteroatoms. The van der Waals surface area contributed by atoms with Crippen molar-refractivity contribution >= 4 is 5.91 Å². The van der Waals surface area contributed by atoms with Crippen molar-refractivity contribution < 1.29 is 9.32 Å². The van der Waals surface area contributed by atoms with Crippen molar-refractivity contribution in [1.29, 1.82) is 0 Å². The zero-order valence-electron chi connectivity index (χ0n) is 9.93. The monoisotopic (exact) mass is 238 g/mol. The van der Waals surface area contributed by atoms with E-state index in [1.807, 2.05) is 6.92 Å². The molecule has 0 spiro atoms. The number of rotatable bonds is 4. The van der Waals surface area contributed by atoms with E-state index in [0.29, 0.717) is 18.2 Å². The fourth-order valence-corrected chi connectivity index (χ4v) is 2.29. The summed E-state index contributed by atoms with van der Waals surface area (Å²) in [7, 11) is 0. The summed E-state index contributed by atoms with van der Waals surface area (Å²) in [4.78, 5) is 15.7. The van der Waals surface area contributed by atoms with E-state index in [4.69, 9.17) is 5.73 Å². The van der Waals surface area contributed by atoms with Gasteiger partial charge in [-0.05, 0) is 25.7 Å². The van der Waals surface area contributed by atoms with E-state index in [1.165, 1.54) is 6.39 Å². The summed E-state index contributed by atoms with van der Waals surface area (Å²) in [6.07, 6.45) is 4.94. The number of nitrogens with zero attached hydrogens (tertiary/aromatic N) is 2. The molecule has 1 saturated carbocycles. The summed E-state index contributed by atoms with van der Waals surface area (Å²) in [5.74, 6) is 0.811. The highest BCUT2D eigenvalue weighted by molar-refractivity contribution is 5.76. The molecular weight excluding hydrogens is 220 g/mol. The predicted octanol–water partition coefficient (Wildman–Crippen LogP) is 0.764. The minimum Gasteiger partial charge on any atom is -0.346 e. The third-order valence-corrected chi connectivity index (χ3v) is 3.31. The molecule has 94 valence electrons. The minimum atomic E-state index is -0.223. The van der Waals surface area contributed by atoms with Crippen molar-refractivity contribution in [3.8, 4) is 0 Å². The lowest BCUT2D eigenvalue weighted by atomic mass is 10.00. The summed E-state index contributed by atoms with van der Waals surface area (Å²) >= 11 is 0.